The smallest absolute Gasteiger partial charge is 0.00144 e. The molecule has 90 valence electrons. The van der Waals surface area contributed by atoms with E-state index in [1.54, 1.807) is 0 Å². The predicted octanol–water partition coefficient (Wildman–Crippen LogP) is 4.84. The molecule has 1 heteroatoms. The van der Waals surface area contributed by atoms with E-state index in [1.165, 1.54) is 30.4 Å². The summed E-state index contributed by atoms with van der Waals surface area (Å²) >= 11 is 4.55. The van der Waals surface area contributed by atoms with Gasteiger partial charge in [0.1, 0.15) is 0 Å². The summed E-state index contributed by atoms with van der Waals surface area (Å²) in [6.45, 7) is 6.72. The predicted molar refractivity (Wildman–Crippen MR) is 76.5 cm³/mol. The average molecular weight is 236 g/mol. The van der Waals surface area contributed by atoms with Crippen molar-refractivity contribution in [3.8, 4) is 0 Å². The lowest BCUT2D eigenvalue weighted by Crippen LogP contribution is -2.01. The van der Waals surface area contributed by atoms with Crippen LogP contribution in [0.1, 0.15) is 57.1 Å². The minimum atomic E-state index is 0.567. The summed E-state index contributed by atoms with van der Waals surface area (Å²) in [6.07, 6.45) is 4.76. The lowest BCUT2D eigenvalue weighted by atomic mass is 9.94. The van der Waals surface area contributed by atoms with Gasteiger partial charge in [-0.3, -0.25) is 0 Å². The average Bonchev–Trinajstić information content (AvgIpc) is 2.35. The van der Waals surface area contributed by atoms with Gasteiger partial charge in [0.25, 0.3) is 0 Å². The molecule has 0 N–H and O–H groups in total. The van der Waals surface area contributed by atoms with Crippen LogP contribution in [0.25, 0.3) is 0 Å². The van der Waals surface area contributed by atoms with Gasteiger partial charge >= 0.3 is 0 Å². The Morgan fingerprint density at radius 1 is 1.06 bits per heavy atom. The molecule has 0 aliphatic rings. The van der Waals surface area contributed by atoms with Gasteiger partial charge in [0.05, 0.1) is 0 Å². The number of hydrogen-bond donors (Lipinski definition) is 1. The van der Waals surface area contributed by atoms with Crippen LogP contribution in [0.3, 0.4) is 0 Å². The molecule has 0 saturated carbocycles. The van der Waals surface area contributed by atoms with Gasteiger partial charge in [0.15, 0.2) is 0 Å². The van der Waals surface area contributed by atoms with Gasteiger partial charge in [0.2, 0.25) is 0 Å². The summed E-state index contributed by atoms with van der Waals surface area (Å²) in [5.74, 6) is 0.659. The lowest BCUT2D eigenvalue weighted by molar-refractivity contribution is 0.609. The summed E-state index contributed by atoms with van der Waals surface area (Å²) in [5, 5.41) is 0.567. The Hall–Kier alpha value is -0.430. The number of benzene rings is 1. The van der Waals surface area contributed by atoms with Gasteiger partial charge in [-0.2, -0.15) is 12.6 Å². The Labute approximate surface area is 106 Å². The van der Waals surface area contributed by atoms with E-state index in [0.29, 0.717) is 11.2 Å². The Bertz CT molecular complexity index is 289. The molecule has 0 aliphatic heterocycles. The highest BCUT2D eigenvalue weighted by molar-refractivity contribution is 7.80. The fourth-order valence-corrected chi connectivity index (χ4v) is 2.04. The van der Waals surface area contributed by atoms with Crippen molar-refractivity contribution >= 4 is 12.6 Å². The first kappa shape index (κ1) is 13.6. The van der Waals surface area contributed by atoms with Crippen molar-refractivity contribution in [1.29, 1.82) is 0 Å². The molecule has 1 aromatic rings. The Balaban J connectivity index is 2.49. The topological polar surface area (TPSA) is 0 Å². The summed E-state index contributed by atoms with van der Waals surface area (Å²) in [5.41, 5.74) is 2.89. The van der Waals surface area contributed by atoms with Crippen molar-refractivity contribution in [3.63, 3.8) is 0 Å². The van der Waals surface area contributed by atoms with E-state index < -0.39 is 0 Å². The number of aryl methyl sites for hydroxylation is 1. The van der Waals surface area contributed by atoms with Gasteiger partial charge < -0.3 is 0 Å². The fraction of sp³-hybridized carbons (Fsp3) is 0.600. The van der Waals surface area contributed by atoms with Crippen LogP contribution in [-0.2, 0) is 6.42 Å². The maximum Gasteiger partial charge on any atom is 0.00144 e. The lowest BCUT2D eigenvalue weighted by Gasteiger charge is -2.14. The van der Waals surface area contributed by atoms with Crippen LogP contribution in [0, 0.1) is 0 Å². The standard InChI is InChI=1S/C15H24S/c1-4-13-7-9-14(10-8-13)12(3)6-11-15(16)5-2/h7-10,12,15-16H,4-6,11H2,1-3H3. The van der Waals surface area contributed by atoms with Crippen molar-refractivity contribution in [1.82, 2.24) is 0 Å². The van der Waals surface area contributed by atoms with E-state index in [9.17, 15) is 0 Å². The highest BCUT2D eigenvalue weighted by Crippen LogP contribution is 2.23. The first-order valence-corrected chi connectivity index (χ1v) is 6.95. The van der Waals surface area contributed by atoms with Gasteiger partial charge in [-0.25, -0.2) is 0 Å². The Kier molecular flexibility index (Phi) is 5.97. The van der Waals surface area contributed by atoms with Crippen LogP contribution in [-0.4, -0.2) is 5.25 Å². The third-order valence-electron chi connectivity index (χ3n) is 3.36. The van der Waals surface area contributed by atoms with Crippen molar-refractivity contribution in [2.24, 2.45) is 0 Å². The highest BCUT2D eigenvalue weighted by Gasteiger charge is 2.07. The zero-order valence-corrected chi connectivity index (χ0v) is 11.6. The quantitative estimate of drug-likeness (QED) is 0.671. The van der Waals surface area contributed by atoms with Crippen LogP contribution in [0.15, 0.2) is 24.3 Å². The fourth-order valence-electron chi connectivity index (χ4n) is 1.90. The molecule has 0 radical (unpaired) electrons. The molecule has 16 heavy (non-hydrogen) atoms. The minimum absolute atomic E-state index is 0.567. The summed E-state index contributed by atoms with van der Waals surface area (Å²) < 4.78 is 0. The van der Waals surface area contributed by atoms with Gasteiger partial charge in [-0.1, -0.05) is 45.0 Å². The first-order valence-electron chi connectivity index (χ1n) is 6.44. The Morgan fingerprint density at radius 3 is 2.19 bits per heavy atom. The van der Waals surface area contributed by atoms with E-state index in [4.69, 9.17) is 0 Å². The molecule has 2 unspecified atom stereocenters. The van der Waals surface area contributed by atoms with E-state index >= 15 is 0 Å². The van der Waals surface area contributed by atoms with Crippen molar-refractivity contribution in [3.05, 3.63) is 35.4 Å². The highest BCUT2D eigenvalue weighted by atomic mass is 32.1. The molecule has 0 bridgehead atoms. The van der Waals surface area contributed by atoms with Crippen molar-refractivity contribution in [2.45, 2.75) is 57.6 Å². The van der Waals surface area contributed by atoms with Crippen molar-refractivity contribution < 1.29 is 0 Å². The van der Waals surface area contributed by atoms with E-state index in [1.807, 2.05) is 0 Å². The van der Waals surface area contributed by atoms with Crippen LogP contribution < -0.4 is 0 Å². The molecule has 0 spiro atoms. The van der Waals surface area contributed by atoms with Crippen LogP contribution in [0.4, 0.5) is 0 Å². The van der Waals surface area contributed by atoms with Crippen LogP contribution in [0.2, 0.25) is 0 Å². The maximum absolute atomic E-state index is 4.55. The SMILES string of the molecule is CCc1ccc(C(C)CCC(S)CC)cc1. The molecule has 0 saturated heterocycles. The minimum Gasteiger partial charge on any atom is -0.176 e. The largest absolute Gasteiger partial charge is 0.176 e. The molecule has 0 amide bonds. The molecular weight excluding hydrogens is 212 g/mol. The first-order chi connectivity index (χ1) is 7.67. The number of hydrogen-bond acceptors (Lipinski definition) is 1. The second-order valence-corrected chi connectivity index (χ2v) is 5.37. The molecule has 0 aliphatic carbocycles. The van der Waals surface area contributed by atoms with Crippen LogP contribution in [0.5, 0.6) is 0 Å². The summed E-state index contributed by atoms with van der Waals surface area (Å²) in [4.78, 5) is 0. The van der Waals surface area contributed by atoms with Gasteiger partial charge in [0, 0.05) is 5.25 Å². The van der Waals surface area contributed by atoms with Crippen molar-refractivity contribution in [2.75, 3.05) is 0 Å². The second kappa shape index (κ2) is 7.01. The maximum atomic E-state index is 4.55. The molecule has 0 aromatic heterocycles. The molecular formula is C15H24S. The second-order valence-electron chi connectivity index (χ2n) is 4.64. The van der Waals surface area contributed by atoms with Gasteiger partial charge in [-0.15, -0.1) is 0 Å². The number of rotatable bonds is 6. The zero-order chi connectivity index (χ0) is 12.0. The normalized spacial score (nSPS) is 14.8. The summed E-state index contributed by atoms with van der Waals surface area (Å²) in [7, 11) is 0. The zero-order valence-electron chi connectivity index (χ0n) is 10.7. The van der Waals surface area contributed by atoms with E-state index in [2.05, 4.69) is 57.7 Å². The summed E-state index contributed by atoms with van der Waals surface area (Å²) in [6, 6.07) is 9.07. The molecule has 0 fully saturated rings. The molecule has 0 nitrogen and oxygen atoms in total. The molecule has 2 atom stereocenters. The Morgan fingerprint density at radius 2 is 1.69 bits per heavy atom. The number of thiol groups is 1. The van der Waals surface area contributed by atoms with E-state index in [0.717, 1.165) is 6.42 Å². The third kappa shape index (κ3) is 4.21. The molecule has 1 rings (SSSR count). The van der Waals surface area contributed by atoms with E-state index in [-0.39, 0.29) is 0 Å². The third-order valence-corrected chi connectivity index (χ3v) is 3.98. The van der Waals surface area contributed by atoms with Crippen LogP contribution >= 0.6 is 12.6 Å². The molecule has 0 heterocycles. The monoisotopic (exact) mass is 236 g/mol. The molecule has 1 aromatic carbocycles. The van der Waals surface area contributed by atoms with Gasteiger partial charge in [-0.05, 0) is 42.7 Å².